The fraction of sp³-hybridized carbons (Fsp3) is 0.267. The molecule has 10 heteroatoms. The predicted octanol–water partition coefficient (Wildman–Crippen LogP) is 4.89. The van der Waals surface area contributed by atoms with Crippen molar-refractivity contribution >= 4 is 10.9 Å². The lowest BCUT2D eigenvalue weighted by Crippen LogP contribution is -2.32. The van der Waals surface area contributed by atoms with Gasteiger partial charge in [0.2, 0.25) is 6.79 Å². The van der Waals surface area contributed by atoms with Crippen LogP contribution in [0.25, 0.3) is 10.9 Å². The van der Waals surface area contributed by atoms with Gasteiger partial charge < -0.3 is 14.5 Å². The number of aromatic amines is 1. The highest BCUT2D eigenvalue weighted by Gasteiger charge is 2.26. The maximum absolute atomic E-state index is 13.5. The van der Waals surface area contributed by atoms with Crippen molar-refractivity contribution in [1.29, 1.82) is 0 Å². The van der Waals surface area contributed by atoms with Crippen molar-refractivity contribution in [1.82, 2.24) is 30.1 Å². The molecule has 40 heavy (non-hydrogen) atoms. The molecule has 3 heterocycles. The van der Waals surface area contributed by atoms with Crippen molar-refractivity contribution in [3.8, 4) is 11.5 Å². The van der Waals surface area contributed by atoms with Crippen molar-refractivity contribution < 1.29 is 13.9 Å². The molecule has 0 unspecified atom stereocenters. The summed E-state index contributed by atoms with van der Waals surface area (Å²) in [4.78, 5) is 18.5. The van der Waals surface area contributed by atoms with Crippen LogP contribution in [0, 0.1) is 12.7 Å². The summed E-state index contributed by atoms with van der Waals surface area (Å²) in [5.74, 6) is 1.67. The number of nitrogens with one attached hydrogen (secondary N) is 1. The second-order valence-corrected chi connectivity index (χ2v) is 10.1. The molecule has 5 aromatic rings. The Balaban J connectivity index is 1.36. The standard InChI is InChI=1S/C30H29FN6O3/c1-3-26(29-33-34-35-37(29)16-21-8-10-24(31)11-9-21)36(15-20-6-4-19(2)5-7-20)17-23-12-22-13-27-28(40-18-39-27)14-25(22)32-30(23)38/h4-14,26H,3,15-18H2,1-2H3,(H,32,38)/t26-/m0/s1. The Labute approximate surface area is 230 Å². The monoisotopic (exact) mass is 540 g/mol. The lowest BCUT2D eigenvalue weighted by atomic mass is 10.1. The zero-order chi connectivity index (χ0) is 27.6. The zero-order valence-electron chi connectivity index (χ0n) is 22.3. The van der Waals surface area contributed by atoms with Crippen molar-refractivity contribution in [3.63, 3.8) is 0 Å². The van der Waals surface area contributed by atoms with Crippen molar-refractivity contribution in [2.75, 3.05) is 6.79 Å². The van der Waals surface area contributed by atoms with E-state index in [4.69, 9.17) is 9.47 Å². The summed E-state index contributed by atoms with van der Waals surface area (Å²) < 4.78 is 26.2. The van der Waals surface area contributed by atoms with Crippen molar-refractivity contribution in [2.24, 2.45) is 0 Å². The zero-order valence-corrected chi connectivity index (χ0v) is 22.3. The van der Waals surface area contributed by atoms with Gasteiger partial charge in [-0.05, 0) is 59.2 Å². The van der Waals surface area contributed by atoms with E-state index in [9.17, 15) is 9.18 Å². The third-order valence-electron chi connectivity index (χ3n) is 7.22. The van der Waals surface area contributed by atoms with Crippen LogP contribution in [-0.4, -0.2) is 36.9 Å². The van der Waals surface area contributed by atoms with Crippen LogP contribution in [-0.2, 0) is 19.6 Å². The fourth-order valence-electron chi connectivity index (χ4n) is 5.11. The van der Waals surface area contributed by atoms with Gasteiger partial charge in [-0.2, -0.15) is 0 Å². The van der Waals surface area contributed by atoms with E-state index in [2.05, 4.69) is 63.5 Å². The molecule has 0 saturated heterocycles. The number of halogens is 1. The maximum atomic E-state index is 13.5. The minimum atomic E-state index is -0.291. The molecule has 0 radical (unpaired) electrons. The number of aryl methyl sites for hydroxylation is 1. The molecule has 9 nitrogen and oxygen atoms in total. The van der Waals surface area contributed by atoms with Crippen LogP contribution in [0.4, 0.5) is 4.39 Å². The molecule has 3 aromatic carbocycles. The average Bonchev–Trinajstić information content (AvgIpc) is 3.60. The molecule has 1 aliphatic heterocycles. The number of rotatable bonds is 9. The van der Waals surface area contributed by atoms with Gasteiger partial charge in [0, 0.05) is 30.1 Å². The quantitative estimate of drug-likeness (QED) is 0.284. The van der Waals surface area contributed by atoms with E-state index in [0.29, 0.717) is 54.5 Å². The minimum Gasteiger partial charge on any atom is -0.454 e. The summed E-state index contributed by atoms with van der Waals surface area (Å²) in [6, 6.07) is 20.1. The summed E-state index contributed by atoms with van der Waals surface area (Å²) in [6.45, 7) is 5.66. The largest absolute Gasteiger partial charge is 0.454 e. The molecular weight excluding hydrogens is 511 g/mol. The third-order valence-corrected chi connectivity index (χ3v) is 7.22. The van der Waals surface area contributed by atoms with Gasteiger partial charge in [-0.15, -0.1) is 5.10 Å². The summed E-state index contributed by atoms with van der Waals surface area (Å²) in [5, 5.41) is 13.5. The lowest BCUT2D eigenvalue weighted by molar-refractivity contribution is 0.161. The summed E-state index contributed by atoms with van der Waals surface area (Å²) in [6.07, 6.45) is 0.708. The summed E-state index contributed by atoms with van der Waals surface area (Å²) >= 11 is 0. The molecule has 0 aliphatic carbocycles. The number of benzene rings is 3. The molecule has 2 aromatic heterocycles. The SMILES string of the molecule is CC[C@@H](c1nnnn1Cc1ccc(F)cc1)N(Cc1ccc(C)cc1)Cc1cc2cc3c(cc2[nH]c1=O)OCO3. The van der Waals surface area contributed by atoms with E-state index in [0.717, 1.165) is 16.5 Å². The van der Waals surface area contributed by atoms with E-state index in [-0.39, 0.29) is 24.2 Å². The number of fused-ring (bicyclic) bond motifs is 2. The summed E-state index contributed by atoms with van der Waals surface area (Å²) in [5.41, 5.74) is 4.32. The Morgan fingerprint density at radius 1 is 1.00 bits per heavy atom. The molecule has 0 fully saturated rings. The summed E-state index contributed by atoms with van der Waals surface area (Å²) in [7, 11) is 0. The second-order valence-electron chi connectivity index (χ2n) is 10.1. The van der Waals surface area contributed by atoms with Gasteiger partial charge in [0.25, 0.3) is 5.56 Å². The molecule has 0 bridgehead atoms. The molecule has 204 valence electrons. The van der Waals surface area contributed by atoms with E-state index in [1.165, 1.54) is 17.7 Å². The smallest absolute Gasteiger partial charge is 0.252 e. The van der Waals surface area contributed by atoms with E-state index < -0.39 is 0 Å². The van der Waals surface area contributed by atoms with E-state index in [1.54, 1.807) is 22.9 Å². The number of hydrogen-bond acceptors (Lipinski definition) is 7. The van der Waals surface area contributed by atoms with Crippen molar-refractivity contribution in [2.45, 2.75) is 45.9 Å². The van der Waals surface area contributed by atoms with Gasteiger partial charge in [0.15, 0.2) is 17.3 Å². The molecule has 0 spiro atoms. The highest BCUT2D eigenvalue weighted by Crippen LogP contribution is 2.35. The fourth-order valence-corrected chi connectivity index (χ4v) is 5.11. The highest BCUT2D eigenvalue weighted by molar-refractivity contribution is 5.83. The number of ether oxygens (including phenoxy) is 2. The molecule has 1 atom stereocenters. The second kappa shape index (κ2) is 10.9. The highest BCUT2D eigenvalue weighted by atomic mass is 19.1. The van der Waals surface area contributed by atoms with E-state index in [1.807, 2.05) is 12.1 Å². The third kappa shape index (κ3) is 5.30. The molecule has 0 saturated carbocycles. The first kappa shape index (κ1) is 25.7. The van der Waals surface area contributed by atoms with E-state index >= 15 is 0 Å². The molecule has 1 N–H and O–H groups in total. The minimum absolute atomic E-state index is 0.165. The van der Waals surface area contributed by atoms with Gasteiger partial charge in [0.1, 0.15) is 5.82 Å². The number of pyridine rings is 1. The van der Waals surface area contributed by atoms with Gasteiger partial charge in [-0.1, -0.05) is 48.9 Å². The molecule has 1 aliphatic rings. The van der Waals surface area contributed by atoms with Gasteiger partial charge in [0.05, 0.1) is 18.1 Å². The number of nitrogens with zero attached hydrogens (tertiary/aromatic N) is 5. The number of aromatic nitrogens is 5. The predicted molar refractivity (Wildman–Crippen MR) is 147 cm³/mol. The number of H-pyrrole nitrogens is 1. The van der Waals surface area contributed by atoms with Crippen molar-refractivity contribution in [3.05, 3.63) is 111 Å². The Hall–Kier alpha value is -4.57. The normalized spacial score (nSPS) is 13.3. The van der Waals surface area contributed by atoms with Crippen LogP contribution in [0.3, 0.4) is 0 Å². The first-order valence-corrected chi connectivity index (χ1v) is 13.2. The maximum Gasteiger partial charge on any atom is 0.252 e. The Bertz CT molecular complexity index is 1700. The first-order chi connectivity index (χ1) is 19.5. The van der Waals surface area contributed by atoms with Crippen LogP contribution in [0.5, 0.6) is 11.5 Å². The molecule has 6 rings (SSSR count). The van der Waals surface area contributed by atoms with Crippen LogP contribution < -0.4 is 15.0 Å². The topological polar surface area (TPSA) is 98.2 Å². The average molecular weight is 541 g/mol. The van der Waals surface area contributed by atoms with Gasteiger partial charge >= 0.3 is 0 Å². The Morgan fingerprint density at radius 3 is 2.48 bits per heavy atom. The lowest BCUT2D eigenvalue weighted by Gasteiger charge is -2.30. The molecule has 0 amide bonds. The van der Waals surface area contributed by atoms with Gasteiger partial charge in [-0.3, -0.25) is 9.69 Å². The number of tetrazole rings is 1. The first-order valence-electron chi connectivity index (χ1n) is 13.2. The van der Waals surface area contributed by atoms with Crippen LogP contribution in [0.15, 0.2) is 71.5 Å². The van der Waals surface area contributed by atoms with Gasteiger partial charge in [-0.25, -0.2) is 9.07 Å². The Kier molecular flexibility index (Phi) is 7.00. The van der Waals surface area contributed by atoms with Crippen LogP contribution in [0.2, 0.25) is 0 Å². The number of hydrogen-bond donors (Lipinski definition) is 1. The van der Waals surface area contributed by atoms with Crippen LogP contribution in [0.1, 0.15) is 47.5 Å². The molecular formula is C30H29FN6O3. The Morgan fingerprint density at radius 2 is 1.73 bits per heavy atom. The van der Waals surface area contributed by atoms with Crippen LogP contribution >= 0.6 is 0 Å².